The van der Waals surface area contributed by atoms with Crippen LogP contribution < -0.4 is 0 Å². The van der Waals surface area contributed by atoms with Gasteiger partial charge in [0.05, 0.1) is 6.54 Å². The first-order valence-electron chi connectivity index (χ1n) is 7.87. The highest BCUT2D eigenvalue weighted by atomic mass is 79.9. The van der Waals surface area contributed by atoms with Crippen molar-refractivity contribution in [1.29, 1.82) is 0 Å². The topological polar surface area (TPSA) is 20.3 Å². The molecule has 1 heterocycles. The van der Waals surface area contributed by atoms with Crippen LogP contribution >= 0.6 is 15.9 Å². The maximum atomic E-state index is 12.4. The molecule has 1 fully saturated rings. The van der Waals surface area contributed by atoms with E-state index < -0.39 is 0 Å². The zero-order chi connectivity index (χ0) is 15.5. The molecule has 1 aliphatic heterocycles. The van der Waals surface area contributed by atoms with E-state index in [1.54, 1.807) is 0 Å². The van der Waals surface area contributed by atoms with Gasteiger partial charge in [-0.1, -0.05) is 48.8 Å². The van der Waals surface area contributed by atoms with Gasteiger partial charge >= 0.3 is 0 Å². The molecule has 1 saturated heterocycles. The summed E-state index contributed by atoms with van der Waals surface area (Å²) in [6.45, 7) is 9.65. The molecule has 1 aromatic rings. The van der Waals surface area contributed by atoms with Gasteiger partial charge in [0.25, 0.3) is 0 Å². The zero-order valence-electron chi connectivity index (χ0n) is 13.4. The molecule has 2 rings (SSSR count). The van der Waals surface area contributed by atoms with Crippen molar-refractivity contribution < 1.29 is 4.79 Å². The van der Waals surface area contributed by atoms with E-state index >= 15 is 0 Å². The number of hydrogen-bond acceptors (Lipinski definition) is 2. The van der Waals surface area contributed by atoms with Gasteiger partial charge in [0.1, 0.15) is 0 Å². The summed E-state index contributed by atoms with van der Waals surface area (Å²) in [6, 6.07) is 7.68. The van der Waals surface area contributed by atoms with Crippen LogP contribution in [-0.4, -0.2) is 30.3 Å². The monoisotopic (exact) mass is 351 g/mol. The van der Waals surface area contributed by atoms with Crippen molar-refractivity contribution >= 4 is 21.7 Å². The number of hydrogen-bond donors (Lipinski definition) is 0. The molecule has 0 N–H and O–H groups in total. The van der Waals surface area contributed by atoms with Crippen LogP contribution in [0.1, 0.15) is 50.4 Å². The fraction of sp³-hybridized carbons (Fsp3) is 0.611. The van der Waals surface area contributed by atoms with E-state index in [2.05, 4.69) is 41.6 Å². The van der Waals surface area contributed by atoms with Crippen molar-refractivity contribution in [2.24, 2.45) is 11.3 Å². The summed E-state index contributed by atoms with van der Waals surface area (Å²) in [5.74, 6) is 1.00. The van der Waals surface area contributed by atoms with Crippen molar-refractivity contribution in [3.63, 3.8) is 0 Å². The predicted molar refractivity (Wildman–Crippen MR) is 91.7 cm³/mol. The summed E-state index contributed by atoms with van der Waals surface area (Å²) in [6.07, 6.45) is 3.69. The Hall–Kier alpha value is -0.670. The first-order valence-corrected chi connectivity index (χ1v) is 8.66. The minimum Gasteiger partial charge on any atom is -0.296 e. The van der Waals surface area contributed by atoms with Crippen molar-refractivity contribution in [3.8, 4) is 0 Å². The lowest BCUT2D eigenvalue weighted by Crippen LogP contribution is -2.31. The van der Waals surface area contributed by atoms with Gasteiger partial charge in [-0.3, -0.25) is 9.69 Å². The van der Waals surface area contributed by atoms with E-state index in [0.717, 1.165) is 29.0 Å². The molecule has 1 aliphatic rings. The third-order valence-corrected chi connectivity index (χ3v) is 5.11. The molecule has 0 aromatic heterocycles. The van der Waals surface area contributed by atoms with Gasteiger partial charge in [-0.05, 0) is 55.8 Å². The summed E-state index contributed by atoms with van der Waals surface area (Å²) in [4.78, 5) is 14.7. The second-order valence-electron chi connectivity index (χ2n) is 7.20. The number of rotatable bonds is 3. The van der Waals surface area contributed by atoms with Crippen LogP contribution in [-0.2, 0) is 0 Å². The molecule has 3 heteroatoms. The van der Waals surface area contributed by atoms with Crippen LogP contribution in [0, 0.1) is 11.3 Å². The fourth-order valence-corrected chi connectivity index (χ4v) is 3.37. The minimum absolute atomic E-state index is 0.233. The molecule has 21 heavy (non-hydrogen) atoms. The maximum Gasteiger partial charge on any atom is 0.176 e. The van der Waals surface area contributed by atoms with Gasteiger partial charge < -0.3 is 0 Å². The Morgan fingerprint density at radius 3 is 2.48 bits per heavy atom. The van der Waals surface area contributed by atoms with Crippen LogP contribution in [0.3, 0.4) is 0 Å². The number of carbonyl (C=O) groups excluding carboxylic acids is 1. The first-order chi connectivity index (χ1) is 9.86. The smallest absolute Gasteiger partial charge is 0.176 e. The summed E-state index contributed by atoms with van der Waals surface area (Å²) in [5.41, 5.74) is 1.20. The number of ketones is 1. The summed E-state index contributed by atoms with van der Waals surface area (Å²) in [7, 11) is 0. The largest absolute Gasteiger partial charge is 0.296 e. The second-order valence-corrected chi connectivity index (χ2v) is 8.12. The van der Waals surface area contributed by atoms with Gasteiger partial charge in [-0.15, -0.1) is 0 Å². The summed E-state index contributed by atoms with van der Waals surface area (Å²) in [5, 5.41) is 0. The van der Waals surface area contributed by atoms with E-state index in [0.29, 0.717) is 12.0 Å². The molecule has 1 unspecified atom stereocenters. The van der Waals surface area contributed by atoms with Crippen molar-refractivity contribution in [3.05, 3.63) is 34.3 Å². The van der Waals surface area contributed by atoms with E-state index in [4.69, 9.17) is 0 Å². The molecule has 1 atom stereocenters. The molecule has 0 aliphatic carbocycles. The summed E-state index contributed by atoms with van der Waals surface area (Å²) >= 11 is 3.41. The zero-order valence-corrected chi connectivity index (χ0v) is 14.9. The van der Waals surface area contributed by atoms with Crippen LogP contribution in [0.2, 0.25) is 0 Å². The standard InChI is InChI=1S/C18H26BrNO/c1-18(2,3)15-5-4-11-20(12-10-15)13-17(21)14-6-8-16(19)9-7-14/h6-9,15H,4-5,10-13H2,1-3H3. The Morgan fingerprint density at radius 2 is 1.86 bits per heavy atom. The van der Waals surface area contributed by atoms with Crippen molar-refractivity contribution in [2.45, 2.75) is 40.0 Å². The van der Waals surface area contributed by atoms with E-state index in [1.807, 2.05) is 24.3 Å². The van der Waals surface area contributed by atoms with Gasteiger partial charge in [0.15, 0.2) is 5.78 Å². The van der Waals surface area contributed by atoms with Crippen LogP contribution in [0.25, 0.3) is 0 Å². The second kappa shape index (κ2) is 7.06. The molecule has 0 bridgehead atoms. The number of nitrogens with zero attached hydrogens (tertiary/aromatic N) is 1. The fourth-order valence-electron chi connectivity index (χ4n) is 3.11. The average molecular weight is 352 g/mol. The third kappa shape index (κ3) is 4.93. The lowest BCUT2D eigenvalue weighted by Gasteiger charge is -2.29. The Morgan fingerprint density at radius 1 is 1.19 bits per heavy atom. The van der Waals surface area contributed by atoms with E-state index in [9.17, 15) is 4.79 Å². The van der Waals surface area contributed by atoms with E-state index in [-0.39, 0.29) is 5.78 Å². The third-order valence-electron chi connectivity index (χ3n) is 4.58. The Kier molecular flexibility index (Phi) is 5.61. The van der Waals surface area contributed by atoms with Crippen LogP contribution in [0.15, 0.2) is 28.7 Å². The minimum atomic E-state index is 0.233. The number of carbonyl (C=O) groups is 1. The highest BCUT2D eigenvalue weighted by molar-refractivity contribution is 9.10. The molecule has 0 radical (unpaired) electrons. The number of halogens is 1. The highest BCUT2D eigenvalue weighted by Crippen LogP contribution is 2.34. The van der Waals surface area contributed by atoms with Crippen LogP contribution in [0.4, 0.5) is 0 Å². The lowest BCUT2D eigenvalue weighted by molar-refractivity contribution is 0.0930. The maximum absolute atomic E-state index is 12.4. The Labute approximate surface area is 137 Å². The average Bonchev–Trinajstić information content (AvgIpc) is 2.64. The van der Waals surface area contributed by atoms with Crippen LogP contribution in [0.5, 0.6) is 0 Å². The van der Waals surface area contributed by atoms with Gasteiger partial charge in [-0.2, -0.15) is 0 Å². The molecule has 0 spiro atoms. The predicted octanol–water partition coefficient (Wildman–Crippen LogP) is 4.78. The van der Waals surface area contributed by atoms with Gasteiger partial charge in [-0.25, -0.2) is 0 Å². The van der Waals surface area contributed by atoms with Crippen molar-refractivity contribution in [2.75, 3.05) is 19.6 Å². The molecular weight excluding hydrogens is 326 g/mol. The normalized spacial score (nSPS) is 21.0. The molecule has 1 aromatic carbocycles. The molecule has 0 amide bonds. The van der Waals surface area contributed by atoms with Gasteiger partial charge in [0, 0.05) is 10.0 Å². The molecule has 116 valence electrons. The van der Waals surface area contributed by atoms with Crippen molar-refractivity contribution in [1.82, 2.24) is 4.90 Å². The number of Topliss-reactive ketones (excluding diaryl/α,β-unsaturated/α-hetero) is 1. The molecular formula is C18H26BrNO. The highest BCUT2D eigenvalue weighted by Gasteiger charge is 2.27. The quantitative estimate of drug-likeness (QED) is 0.730. The molecule has 2 nitrogen and oxygen atoms in total. The van der Waals surface area contributed by atoms with E-state index in [1.165, 1.54) is 19.3 Å². The number of benzene rings is 1. The SMILES string of the molecule is CC(C)(C)C1CCCN(CC(=O)c2ccc(Br)cc2)CC1. The Balaban J connectivity index is 1.91. The summed E-state index contributed by atoms with van der Waals surface area (Å²) < 4.78 is 1.02. The lowest BCUT2D eigenvalue weighted by atomic mass is 9.77. The molecule has 0 saturated carbocycles. The first kappa shape index (κ1) is 16.7. The number of likely N-dealkylation sites (tertiary alicyclic amines) is 1. The van der Waals surface area contributed by atoms with Gasteiger partial charge in [0.2, 0.25) is 0 Å². The Bertz CT molecular complexity index is 475.